The number of aryl methyl sites for hydroxylation is 1. The number of unbranched alkanes of at least 4 members (excludes halogenated alkanes) is 1. The monoisotopic (exact) mass is 416 g/mol. The quantitative estimate of drug-likeness (QED) is 0.473. The van der Waals surface area contributed by atoms with Crippen LogP contribution in [0.3, 0.4) is 0 Å². The molecule has 1 aromatic rings. The van der Waals surface area contributed by atoms with Gasteiger partial charge in [-0.25, -0.2) is 9.59 Å². The highest BCUT2D eigenvalue weighted by atomic mass is 16.5. The highest BCUT2D eigenvalue weighted by molar-refractivity contribution is 6.05. The average Bonchev–Trinajstić information content (AvgIpc) is 2.73. The van der Waals surface area contributed by atoms with E-state index in [1.165, 1.54) is 14.2 Å². The van der Waals surface area contributed by atoms with Crippen LogP contribution in [0.4, 0.5) is 11.4 Å². The Morgan fingerprint density at radius 3 is 1.93 bits per heavy atom. The maximum atomic E-state index is 12.2. The van der Waals surface area contributed by atoms with E-state index in [2.05, 4.69) is 27.0 Å². The third-order valence-corrected chi connectivity index (χ3v) is 4.34. The Kier molecular flexibility index (Phi) is 10.0. The van der Waals surface area contributed by atoms with Crippen LogP contribution in [-0.2, 0) is 35.1 Å². The van der Waals surface area contributed by atoms with Gasteiger partial charge in [-0.2, -0.15) is 0 Å². The molecule has 0 spiro atoms. The Bertz CT molecular complexity index is 871. The zero-order chi connectivity index (χ0) is 22.7. The summed E-state index contributed by atoms with van der Waals surface area (Å²) in [4.78, 5) is 46.7. The van der Waals surface area contributed by atoms with Gasteiger partial charge in [-0.05, 0) is 49.4 Å². The van der Waals surface area contributed by atoms with Gasteiger partial charge < -0.3 is 20.1 Å². The normalized spacial score (nSPS) is 10.8. The zero-order valence-corrected chi connectivity index (χ0v) is 18.0. The third-order valence-electron chi connectivity index (χ3n) is 4.34. The third kappa shape index (κ3) is 7.54. The van der Waals surface area contributed by atoms with E-state index in [-0.39, 0.29) is 0 Å². The van der Waals surface area contributed by atoms with Crippen molar-refractivity contribution < 1.29 is 28.7 Å². The largest absolute Gasteiger partial charge is 0.466 e. The van der Waals surface area contributed by atoms with Crippen molar-refractivity contribution >= 4 is 35.1 Å². The summed E-state index contributed by atoms with van der Waals surface area (Å²) in [6.45, 7) is 5.72. The number of carbonyl (C=O) groups is 4. The molecule has 0 bridgehead atoms. The summed E-state index contributed by atoms with van der Waals surface area (Å²) in [5, 5.41) is 5.57. The molecule has 8 heteroatoms. The molecule has 1 aromatic carbocycles. The number of nitrogens with one attached hydrogen (secondary N) is 2. The summed E-state index contributed by atoms with van der Waals surface area (Å²) in [5.41, 5.74) is 3.67. The number of anilines is 2. The van der Waals surface area contributed by atoms with E-state index in [0.29, 0.717) is 17.8 Å². The first kappa shape index (κ1) is 24.6. The Labute approximate surface area is 176 Å². The van der Waals surface area contributed by atoms with Crippen LogP contribution in [0.1, 0.15) is 36.5 Å². The fourth-order valence-electron chi connectivity index (χ4n) is 2.72. The minimum absolute atomic E-state index is 0.460. The van der Waals surface area contributed by atoms with Gasteiger partial charge in [-0.3, -0.25) is 9.59 Å². The molecule has 0 saturated carbocycles. The molecule has 0 fully saturated rings. The van der Waals surface area contributed by atoms with Crippen LogP contribution in [0.25, 0.3) is 0 Å². The first-order chi connectivity index (χ1) is 14.2. The van der Waals surface area contributed by atoms with Gasteiger partial charge in [0.25, 0.3) is 0 Å². The van der Waals surface area contributed by atoms with Crippen molar-refractivity contribution in [2.45, 2.75) is 40.0 Å². The van der Waals surface area contributed by atoms with Crippen molar-refractivity contribution in [1.29, 1.82) is 0 Å². The minimum atomic E-state index is -0.625. The predicted octanol–water partition coefficient (Wildman–Crippen LogP) is 2.98. The van der Waals surface area contributed by atoms with E-state index >= 15 is 0 Å². The molecule has 0 aliphatic rings. The predicted molar refractivity (Wildman–Crippen MR) is 114 cm³/mol. The Hall–Kier alpha value is -3.42. The summed E-state index contributed by atoms with van der Waals surface area (Å²) in [7, 11) is 2.46. The summed E-state index contributed by atoms with van der Waals surface area (Å²) in [6.07, 6.45) is 6.83. The number of hydrogen-bond acceptors (Lipinski definition) is 6. The van der Waals surface area contributed by atoms with Crippen LogP contribution >= 0.6 is 0 Å². The molecule has 0 aromatic heterocycles. The second-order valence-electron chi connectivity index (χ2n) is 6.51. The van der Waals surface area contributed by atoms with Crippen LogP contribution in [0.15, 0.2) is 30.4 Å². The Balaban J connectivity index is 3.20. The van der Waals surface area contributed by atoms with Crippen LogP contribution in [0.5, 0.6) is 0 Å². The molecule has 1 rings (SSSR count). The molecular formula is C22H28N2O6. The number of esters is 2. The number of benzene rings is 1. The molecule has 8 nitrogen and oxygen atoms in total. The number of ether oxygens (including phenoxy) is 2. The summed E-state index contributed by atoms with van der Waals surface area (Å²) >= 11 is 0. The maximum absolute atomic E-state index is 12.2. The number of amides is 2. The molecule has 0 saturated heterocycles. The lowest BCUT2D eigenvalue weighted by Gasteiger charge is -2.19. The molecule has 0 radical (unpaired) electrons. The van der Waals surface area contributed by atoms with E-state index in [0.717, 1.165) is 53.8 Å². The Morgan fingerprint density at radius 2 is 1.43 bits per heavy atom. The van der Waals surface area contributed by atoms with Crippen molar-refractivity contribution in [3.8, 4) is 0 Å². The number of methoxy groups -OCH3 is 2. The molecule has 0 aliphatic carbocycles. The van der Waals surface area contributed by atoms with Gasteiger partial charge >= 0.3 is 11.9 Å². The van der Waals surface area contributed by atoms with Crippen molar-refractivity contribution in [2.75, 3.05) is 24.9 Å². The van der Waals surface area contributed by atoms with Gasteiger partial charge in [-0.15, -0.1) is 0 Å². The van der Waals surface area contributed by atoms with Crippen molar-refractivity contribution in [3.63, 3.8) is 0 Å². The lowest BCUT2D eigenvalue weighted by Crippen LogP contribution is -2.16. The fourth-order valence-corrected chi connectivity index (χ4v) is 2.72. The van der Waals surface area contributed by atoms with E-state index in [4.69, 9.17) is 0 Å². The maximum Gasteiger partial charge on any atom is 0.330 e. The molecule has 0 unspecified atom stereocenters. The summed E-state index contributed by atoms with van der Waals surface area (Å²) in [6, 6.07) is 1.74. The highest BCUT2D eigenvalue weighted by Gasteiger charge is 2.16. The number of rotatable bonds is 9. The van der Waals surface area contributed by atoms with E-state index in [9.17, 15) is 19.2 Å². The first-order valence-electron chi connectivity index (χ1n) is 9.50. The first-order valence-corrected chi connectivity index (χ1v) is 9.50. The highest BCUT2D eigenvalue weighted by Crippen LogP contribution is 2.32. The van der Waals surface area contributed by atoms with Crippen LogP contribution < -0.4 is 10.6 Å². The molecule has 30 heavy (non-hydrogen) atoms. The van der Waals surface area contributed by atoms with E-state index in [1.54, 1.807) is 6.07 Å². The van der Waals surface area contributed by atoms with Gasteiger partial charge in [0, 0.05) is 35.7 Å². The van der Waals surface area contributed by atoms with Gasteiger partial charge in [0.15, 0.2) is 0 Å². The van der Waals surface area contributed by atoms with E-state index in [1.807, 2.05) is 13.8 Å². The number of carbonyl (C=O) groups excluding carboxylic acids is 4. The molecule has 2 N–H and O–H groups in total. The van der Waals surface area contributed by atoms with Crippen LogP contribution in [0.2, 0.25) is 0 Å². The molecule has 0 heterocycles. The van der Waals surface area contributed by atoms with Crippen molar-refractivity contribution in [3.05, 3.63) is 47.1 Å². The lowest BCUT2D eigenvalue weighted by atomic mass is 9.95. The second-order valence-corrected chi connectivity index (χ2v) is 6.51. The second kappa shape index (κ2) is 12.2. The summed E-state index contributed by atoms with van der Waals surface area (Å²) < 4.78 is 8.96. The van der Waals surface area contributed by atoms with Gasteiger partial charge in [0.05, 0.1) is 14.2 Å². The lowest BCUT2D eigenvalue weighted by molar-refractivity contribution is -0.135. The summed E-state index contributed by atoms with van der Waals surface area (Å²) in [5.74, 6) is -2.18. The molecule has 0 atom stereocenters. The smallest absolute Gasteiger partial charge is 0.330 e. The topological polar surface area (TPSA) is 111 Å². The molecule has 162 valence electrons. The van der Waals surface area contributed by atoms with Crippen molar-refractivity contribution in [2.24, 2.45) is 0 Å². The standard InChI is InChI=1S/C22H28N2O6/c1-6-7-8-16-15(3)17(23-18(25)9-11-20(27)29-4)13-14(2)22(16)24-19(26)10-12-21(28)30-5/h9-13H,6-8H2,1-5H3,(H,23,25)(H,24,26)/b11-9-,12-10-. The molecule has 2 amide bonds. The zero-order valence-electron chi connectivity index (χ0n) is 18.0. The van der Waals surface area contributed by atoms with Gasteiger partial charge in [0.2, 0.25) is 11.8 Å². The molecular weight excluding hydrogens is 388 g/mol. The van der Waals surface area contributed by atoms with Crippen LogP contribution in [-0.4, -0.2) is 38.0 Å². The molecule has 0 aliphatic heterocycles. The Morgan fingerprint density at radius 1 is 0.900 bits per heavy atom. The van der Waals surface area contributed by atoms with Crippen molar-refractivity contribution in [1.82, 2.24) is 0 Å². The SMILES string of the molecule is CCCCc1c(C)c(NC(=O)/C=C\C(=O)OC)cc(C)c1NC(=O)/C=C\C(=O)OC. The van der Waals surface area contributed by atoms with Crippen LogP contribution in [0, 0.1) is 13.8 Å². The van der Waals surface area contributed by atoms with E-state index < -0.39 is 23.8 Å². The average molecular weight is 416 g/mol. The fraction of sp³-hybridized carbons (Fsp3) is 0.364. The van der Waals surface area contributed by atoms with Gasteiger partial charge in [-0.1, -0.05) is 13.3 Å². The number of hydrogen-bond donors (Lipinski definition) is 2. The minimum Gasteiger partial charge on any atom is -0.466 e. The van der Waals surface area contributed by atoms with Gasteiger partial charge in [0.1, 0.15) is 0 Å².